The van der Waals surface area contributed by atoms with E-state index in [2.05, 4.69) is 6.92 Å². The molecule has 2 amide bonds. The number of aliphatic hydroxyl groups is 1. The van der Waals surface area contributed by atoms with Crippen molar-refractivity contribution < 1.29 is 28.8 Å². The Balaban J connectivity index is 1.54. The van der Waals surface area contributed by atoms with E-state index in [0.717, 1.165) is 24.0 Å². The molecule has 1 aliphatic carbocycles. The van der Waals surface area contributed by atoms with Crippen LogP contribution in [-0.4, -0.2) is 47.1 Å². The van der Waals surface area contributed by atoms with Crippen LogP contribution in [0.5, 0.6) is 0 Å². The summed E-state index contributed by atoms with van der Waals surface area (Å²) in [5.41, 5.74) is 3.39. The molecule has 31 heavy (non-hydrogen) atoms. The lowest BCUT2D eigenvalue weighted by atomic mass is 9.59. The van der Waals surface area contributed by atoms with Crippen LogP contribution in [0.4, 0.5) is 0 Å². The molecule has 1 aromatic heterocycles. The summed E-state index contributed by atoms with van der Waals surface area (Å²) in [5, 5.41) is 19.6. The Hall–Kier alpha value is -2.16. The fourth-order valence-electron chi connectivity index (χ4n) is 5.50. The number of aliphatic hydroxyl groups excluding tert-OH is 1. The largest absolute Gasteiger partial charge is 0.459 e. The monoisotopic (exact) mass is 427 g/mol. The first kappa shape index (κ1) is 22.1. The maximum Gasteiger partial charge on any atom is 0.455 e. The van der Waals surface area contributed by atoms with Crippen molar-refractivity contribution in [1.29, 1.82) is 0 Å². The highest BCUT2D eigenvalue weighted by Crippen LogP contribution is 2.50. The van der Waals surface area contributed by atoms with Gasteiger partial charge in [-0.05, 0) is 68.6 Å². The minimum absolute atomic E-state index is 0.108. The Morgan fingerprint density at radius 1 is 1.29 bits per heavy atom. The van der Waals surface area contributed by atoms with Crippen LogP contribution in [0.25, 0.3) is 6.08 Å². The van der Waals surface area contributed by atoms with Gasteiger partial charge in [0.15, 0.2) is 0 Å². The van der Waals surface area contributed by atoms with Gasteiger partial charge in [0.1, 0.15) is 18.1 Å². The van der Waals surface area contributed by atoms with Crippen molar-refractivity contribution in [3.8, 4) is 0 Å². The zero-order valence-corrected chi connectivity index (χ0v) is 18.3. The van der Waals surface area contributed by atoms with E-state index in [0.29, 0.717) is 30.7 Å². The normalized spacial score (nSPS) is 29.0. The van der Waals surface area contributed by atoms with Crippen LogP contribution in [0, 0.1) is 17.8 Å². The Bertz CT molecular complexity index is 934. The first-order valence-corrected chi connectivity index (χ1v) is 11.1. The third kappa shape index (κ3) is 4.04. The van der Waals surface area contributed by atoms with Gasteiger partial charge in [0, 0.05) is 7.05 Å². The zero-order chi connectivity index (χ0) is 22.3. The molecule has 1 aromatic rings. The lowest BCUT2D eigenvalue weighted by Gasteiger charge is -2.42. The topological polar surface area (TPSA) is 100 Å². The van der Waals surface area contributed by atoms with Gasteiger partial charge in [-0.25, -0.2) is 0 Å². The molecule has 0 unspecified atom stereocenters. The number of nitrogens with zero attached hydrogens (tertiary/aromatic N) is 1. The number of fused-ring (bicyclic) bond motifs is 3. The van der Waals surface area contributed by atoms with Crippen molar-refractivity contribution in [3.63, 3.8) is 0 Å². The number of hydrogen-bond donors (Lipinski definition) is 2. The fourth-order valence-corrected chi connectivity index (χ4v) is 5.50. The fraction of sp³-hybridized carbons (Fsp3) is 0.565. The molecule has 0 spiro atoms. The number of hydrogen-bond acceptors (Lipinski definition) is 6. The van der Waals surface area contributed by atoms with E-state index in [9.17, 15) is 19.7 Å². The predicted molar refractivity (Wildman–Crippen MR) is 115 cm³/mol. The van der Waals surface area contributed by atoms with Gasteiger partial charge >= 0.3 is 7.12 Å². The van der Waals surface area contributed by atoms with Crippen LogP contribution in [0.3, 0.4) is 0 Å². The van der Waals surface area contributed by atoms with Crippen molar-refractivity contribution in [2.45, 2.75) is 58.6 Å². The van der Waals surface area contributed by atoms with E-state index in [-0.39, 0.29) is 36.4 Å². The van der Waals surface area contributed by atoms with Crippen molar-refractivity contribution in [2.24, 2.45) is 17.8 Å². The minimum atomic E-state index is -0.939. The van der Waals surface area contributed by atoms with E-state index in [1.165, 1.54) is 10.5 Å². The predicted octanol–water partition coefficient (Wildman–Crippen LogP) is 2.79. The maximum absolute atomic E-state index is 12.8. The van der Waals surface area contributed by atoms with Crippen molar-refractivity contribution >= 4 is 25.0 Å². The van der Waals surface area contributed by atoms with Crippen molar-refractivity contribution in [1.82, 2.24) is 4.90 Å². The van der Waals surface area contributed by atoms with Gasteiger partial charge in [0.05, 0.1) is 17.9 Å². The maximum atomic E-state index is 12.8. The smallest absolute Gasteiger partial charge is 0.455 e. The molecule has 2 N–H and O–H groups in total. The second-order valence-corrected chi connectivity index (χ2v) is 8.89. The van der Waals surface area contributed by atoms with Crippen molar-refractivity contribution in [3.05, 3.63) is 40.4 Å². The van der Waals surface area contributed by atoms with Crippen LogP contribution < -0.4 is 0 Å². The third-order valence-electron chi connectivity index (χ3n) is 7.04. The molecule has 0 aromatic carbocycles. The Morgan fingerprint density at radius 2 is 2.06 bits per heavy atom. The Labute approximate surface area is 182 Å². The van der Waals surface area contributed by atoms with Gasteiger partial charge < -0.3 is 19.2 Å². The van der Waals surface area contributed by atoms with E-state index in [1.807, 2.05) is 19.1 Å². The van der Waals surface area contributed by atoms with Crippen molar-refractivity contribution in [2.75, 3.05) is 7.05 Å². The summed E-state index contributed by atoms with van der Waals surface area (Å²) in [5.74, 6) is 0.132. The van der Waals surface area contributed by atoms with E-state index in [4.69, 9.17) is 9.07 Å². The molecule has 2 fully saturated rings. The highest BCUT2D eigenvalue weighted by atomic mass is 16.5. The molecule has 0 radical (unpaired) electrons. The van der Waals surface area contributed by atoms with Crippen LogP contribution >= 0.6 is 0 Å². The highest BCUT2D eigenvalue weighted by molar-refractivity contribution is 6.43. The molecule has 2 saturated heterocycles. The number of rotatable bonds is 6. The zero-order valence-electron chi connectivity index (χ0n) is 18.3. The standard InChI is InChI=1S/C23H30BNO6/c1-4-14(10-15-6-7-16(12-26)30-15)5-8-19-20-13(2)9-17-21(18(20)11-24(29)31-19)23(28)25(3)22(17)27/h6-7,10,17-19,21,26,29H,4-5,8-9,11-12H2,1-3H3/b14-10+/t17-,18+,19-,21-/m1/s1. The molecular formula is C23H30BNO6. The molecule has 3 heterocycles. The summed E-state index contributed by atoms with van der Waals surface area (Å²) < 4.78 is 11.5. The molecule has 0 saturated carbocycles. The van der Waals surface area contributed by atoms with Crippen LogP contribution in [-0.2, 0) is 20.9 Å². The third-order valence-corrected chi connectivity index (χ3v) is 7.04. The SMILES string of the molecule is CC/C(=C\c1ccc(CO)o1)CC[C@H]1OB(O)C[C@H]2C1=C(C)C[C@H]1C(=O)N(C)C(=O)[C@H]12. The van der Waals surface area contributed by atoms with Gasteiger partial charge in [-0.1, -0.05) is 18.1 Å². The summed E-state index contributed by atoms with van der Waals surface area (Å²) in [7, 11) is 0.616. The second kappa shape index (κ2) is 8.77. The van der Waals surface area contributed by atoms with E-state index < -0.39 is 13.0 Å². The average Bonchev–Trinajstić information content (AvgIpc) is 3.29. The number of carbonyl (C=O) groups is 2. The molecule has 7 nitrogen and oxygen atoms in total. The van der Waals surface area contributed by atoms with Gasteiger partial charge in [0.25, 0.3) is 0 Å². The molecule has 3 aliphatic rings. The highest BCUT2D eigenvalue weighted by Gasteiger charge is 2.55. The van der Waals surface area contributed by atoms with Crippen LogP contribution in [0.1, 0.15) is 51.1 Å². The second-order valence-electron chi connectivity index (χ2n) is 8.89. The van der Waals surface area contributed by atoms with E-state index in [1.54, 1.807) is 13.1 Å². The average molecular weight is 427 g/mol. The van der Waals surface area contributed by atoms with Gasteiger partial charge in [0.2, 0.25) is 11.8 Å². The summed E-state index contributed by atoms with van der Waals surface area (Å²) in [6.45, 7) is 3.98. The quantitative estimate of drug-likeness (QED) is 0.412. The summed E-state index contributed by atoms with van der Waals surface area (Å²) in [6, 6.07) is 3.60. The number of allylic oxidation sites excluding steroid dienone is 2. The Morgan fingerprint density at radius 3 is 2.74 bits per heavy atom. The lowest BCUT2D eigenvalue weighted by Crippen LogP contribution is -2.45. The number of imide groups is 1. The molecule has 0 bridgehead atoms. The summed E-state index contributed by atoms with van der Waals surface area (Å²) >= 11 is 0. The van der Waals surface area contributed by atoms with E-state index >= 15 is 0 Å². The number of likely N-dealkylation sites (tertiary alicyclic amines) is 1. The molecule has 4 rings (SSSR count). The van der Waals surface area contributed by atoms with Gasteiger partial charge in [-0.2, -0.15) is 0 Å². The summed E-state index contributed by atoms with van der Waals surface area (Å²) in [4.78, 5) is 26.6. The molecule has 8 heteroatoms. The Kier molecular flexibility index (Phi) is 6.24. The molecular weight excluding hydrogens is 397 g/mol. The van der Waals surface area contributed by atoms with Crippen LogP contribution in [0.15, 0.2) is 33.3 Å². The number of amides is 2. The van der Waals surface area contributed by atoms with Gasteiger partial charge in [-0.15, -0.1) is 0 Å². The first-order valence-electron chi connectivity index (χ1n) is 11.1. The molecule has 166 valence electrons. The number of furan rings is 1. The lowest BCUT2D eigenvalue weighted by molar-refractivity contribution is -0.138. The molecule has 2 aliphatic heterocycles. The van der Waals surface area contributed by atoms with Gasteiger partial charge in [-0.3, -0.25) is 14.5 Å². The number of carbonyl (C=O) groups excluding carboxylic acids is 2. The molecule has 4 atom stereocenters. The minimum Gasteiger partial charge on any atom is -0.459 e. The summed E-state index contributed by atoms with van der Waals surface area (Å²) in [6.07, 6.45) is 4.92. The first-order chi connectivity index (χ1) is 14.8. The van der Waals surface area contributed by atoms with Crippen LogP contribution in [0.2, 0.25) is 6.32 Å².